The van der Waals surface area contributed by atoms with Crippen LogP contribution in [0.25, 0.3) is 99.4 Å². The number of thiophene rings is 1. The van der Waals surface area contributed by atoms with Crippen molar-refractivity contribution in [1.82, 2.24) is 24.9 Å². The van der Waals surface area contributed by atoms with E-state index in [0.29, 0.717) is 23.3 Å². The first-order valence-electron chi connectivity index (χ1n) is 18.2. The van der Waals surface area contributed by atoms with Crippen LogP contribution in [0.5, 0.6) is 0 Å². The highest BCUT2D eigenvalue weighted by Crippen LogP contribution is 2.41. The van der Waals surface area contributed by atoms with E-state index in [2.05, 4.69) is 103 Å². The van der Waals surface area contributed by atoms with Gasteiger partial charge in [0.05, 0.1) is 11.4 Å². The quantitative estimate of drug-likeness (QED) is 0.164. The average molecular weight is 722 g/mol. The lowest BCUT2D eigenvalue weighted by atomic mass is 10.0. The Bertz CT molecular complexity index is 2890. The summed E-state index contributed by atoms with van der Waals surface area (Å²) in [5.74, 6) is 2.61. The molecule has 10 rings (SSSR count). The summed E-state index contributed by atoms with van der Waals surface area (Å²) >= 11 is 1.75. The van der Waals surface area contributed by atoms with Gasteiger partial charge in [0.25, 0.3) is 0 Å². The maximum Gasteiger partial charge on any atom is 0.164 e. The van der Waals surface area contributed by atoms with Gasteiger partial charge >= 0.3 is 0 Å². The monoisotopic (exact) mass is 721 g/mol. The fourth-order valence-corrected chi connectivity index (χ4v) is 8.20. The van der Waals surface area contributed by atoms with Crippen molar-refractivity contribution >= 4 is 31.5 Å². The second-order valence-electron chi connectivity index (χ2n) is 13.3. The minimum Gasteiger partial charge on any atom is -0.228 e. The molecule has 5 nitrogen and oxygen atoms in total. The summed E-state index contributed by atoms with van der Waals surface area (Å²) in [7, 11) is 0. The van der Waals surface area contributed by atoms with Crippen molar-refractivity contribution in [3.8, 4) is 79.2 Å². The predicted molar refractivity (Wildman–Crippen MR) is 226 cm³/mol. The van der Waals surface area contributed by atoms with Gasteiger partial charge < -0.3 is 0 Å². The zero-order valence-corrected chi connectivity index (χ0v) is 30.4. The third-order valence-corrected chi connectivity index (χ3v) is 10.9. The SMILES string of the molecule is c1ccc(-c2ccc(-c3cc(-c4ccccc4)nc(-c4cccc5sc6cc(-c7nc(-c8ccccc8)nc(-c8ccccc8)n7)ccc6c45)n3)cc2)cc1. The summed E-state index contributed by atoms with van der Waals surface area (Å²) in [5, 5.41) is 2.28. The van der Waals surface area contributed by atoms with E-state index in [-0.39, 0.29) is 0 Å². The average Bonchev–Trinajstić information content (AvgIpc) is 3.66. The van der Waals surface area contributed by atoms with Crippen LogP contribution in [0, 0.1) is 0 Å². The first-order chi connectivity index (χ1) is 27.2. The predicted octanol–water partition coefficient (Wildman–Crippen LogP) is 12.7. The van der Waals surface area contributed by atoms with Gasteiger partial charge in [-0.3, -0.25) is 0 Å². The molecule has 0 aliphatic heterocycles. The van der Waals surface area contributed by atoms with Crippen LogP contribution in [0.2, 0.25) is 0 Å². The van der Waals surface area contributed by atoms with Gasteiger partial charge in [-0.1, -0.05) is 170 Å². The van der Waals surface area contributed by atoms with Crippen molar-refractivity contribution in [3.05, 3.63) is 188 Å². The van der Waals surface area contributed by atoms with Crippen LogP contribution in [-0.2, 0) is 0 Å². The first-order valence-corrected chi connectivity index (χ1v) is 19.0. The normalized spacial score (nSPS) is 11.3. The van der Waals surface area contributed by atoms with Gasteiger partial charge in [-0.05, 0) is 29.3 Å². The molecule has 6 heteroatoms. The second-order valence-corrected chi connectivity index (χ2v) is 14.4. The summed E-state index contributed by atoms with van der Waals surface area (Å²) in [5.41, 5.74) is 10.0. The molecular formula is C49H31N5S. The zero-order chi connectivity index (χ0) is 36.6. The molecule has 10 aromatic rings. The molecule has 0 radical (unpaired) electrons. The smallest absolute Gasteiger partial charge is 0.164 e. The third kappa shape index (κ3) is 6.35. The standard InChI is InChI=1S/C49H31N5S/c1-5-14-32(15-6-1)33-24-26-35(27-25-33)42-31-41(34-16-7-2-8-17-34)50-49(51-42)40-22-13-23-43-45(40)39-29-28-38(30-44(39)55-43)48-53-46(36-18-9-3-10-19-36)52-47(54-48)37-20-11-4-12-21-37/h1-31H. The molecule has 0 unspecified atom stereocenters. The van der Waals surface area contributed by atoms with Crippen LogP contribution in [0.15, 0.2) is 188 Å². The second kappa shape index (κ2) is 14.0. The Balaban J connectivity index is 1.10. The molecule has 3 heterocycles. The van der Waals surface area contributed by atoms with Crippen LogP contribution in [0.4, 0.5) is 0 Å². The molecule has 258 valence electrons. The van der Waals surface area contributed by atoms with Crippen molar-refractivity contribution in [2.75, 3.05) is 0 Å². The maximum atomic E-state index is 5.25. The Morgan fingerprint density at radius 2 is 0.745 bits per heavy atom. The molecule has 0 atom stereocenters. The van der Waals surface area contributed by atoms with Gasteiger partial charge in [0.15, 0.2) is 23.3 Å². The van der Waals surface area contributed by atoms with Gasteiger partial charge in [-0.15, -0.1) is 11.3 Å². The number of nitrogens with zero attached hydrogens (tertiary/aromatic N) is 5. The Morgan fingerprint density at radius 1 is 0.291 bits per heavy atom. The number of rotatable bonds is 7. The minimum absolute atomic E-state index is 0.633. The topological polar surface area (TPSA) is 64.5 Å². The van der Waals surface area contributed by atoms with Crippen molar-refractivity contribution < 1.29 is 0 Å². The molecule has 55 heavy (non-hydrogen) atoms. The van der Waals surface area contributed by atoms with E-state index in [9.17, 15) is 0 Å². The Kier molecular flexibility index (Phi) is 8.28. The summed E-state index contributed by atoms with van der Waals surface area (Å²) in [6, 6.07) is 64.6. The molecule has 3 aromatic heterocycles. The van der Waals surface area contributed by atoms with E-state index < -0.39 is 0 Å². The minimum atomic E-state index is 0.633. The fourth-order valence-electron chi connectivity index (χ4n) is 7.03. The molecule has 0 N–H and O–H groups in total. The van der Waals surface area contributed by atoms with Crippen LogP contribution in [0.1, 0.15) is 0 Å². The number of benzene rings is 7. The Morgan fingerprint density at radius 3 is 1.33 bits per heavy atom. The van der Waals surface area contributed by atoms with Gasteiger partial charge in [0.2, 0.25) is 0 Å². The molecule has 0 saturated carbocycles. The molecular weight excluding hydrogens is 691 g/mol. The number of fused-ring (bicyclic) bond motifs is 3. The third-order valence-electron chi connectivity index (χ3n) is 9.78. The lowest BCUT2D eigenvalue weighted by molar-refractivity contribution is 1.07. The van der Waals surface area contributed by atoms with Crippen molar-refractivity contribution in [3.63, 3.8) is 0 Å². The molecule has 0 aliphatic carbocycles. The fraction of sp³-hybridized carbons (Fsp3) is 0. The molecule has 0 bridgehead atoms. The van der Waals surface area contributed by atoms with E-state index in [0.717, 1.165) is 64.9 Å². The number of hydrogen-bond donors (Lipinski definition) is 0. The number of hydrogen-bond acceptors (Lipinski definition) is 6. The van der Waals surface area contributed by atoms with Crippen molar-refractivity contribution in [2.24, 2.45) is 0 Å². The van der Waals surface area contributed by atoms with E-state index >= 15 is 0 Å². The lowest BCUT2D eigenvalue weighted by Crippen LogP contribution is -2.00. The lowest BCUT2D eigenvalue weighted by Gasteiger charge is -2.11. The molecule has 0 amide bonds. The summed E-state index contributed by atoms with van der Waals surface area (Å²) in [4.78, 5) is 25.3. The number of aromatic nitrogens is 5. The summed E-state index contributed by atoms with van der Waals surface area (Å²) < 4.78 is 2.30. The highest BCUT2D eigenvalue weighted by Gasteiger charge is 2.18. The van der Waals surface area contributed by atoms with E-state index in [4.69, 9.17) is 24.9 Å². The molecule has 0 aliphatic rings. The van der Waals surface area contributed by atoms with Crippen LogP contribution >= 0.6 is 11.3 Å². The van der Waals surface area contributed by atoms with Gasteiger partial charge in [-0.2, -0.15) is 0 Å². The van der Waals surface area contributed by atoms with Crippen molar-refractivity contribution in [2.45, 2.75) is 0 Å². The van der Waals surface area contributed by atoms with Gasteiger partial charge in [0.1, 0.15) is 0 Å². The summed E-state index contributed by atoms with van der Waals surface area (Å²) in [6.07, 6.45) is 0. The van der Waals surface area contributed by atoms with E-state index in [1.165, 1.54) is 11.1 Å². The van der Waals surface area contributed by atoms with Crippen LogP contribution in [0.3, 0.4) is 0 Å². The van der Waals surface area contributed by atoms with E-state index in [1.54, 1.807) is 11.3 Å². The van der Waals surface area contributed by atoms with Gasteiger partial charge in [0, 0.05) is 53.6 Å². The molecule has 0 saturated heterocycles. The highest BCUT2D eigenvalue weighted by molar-refractivity contribution is 7.26. The first kappa shape index (κ1) is 32.5. The van der Waals surface area contributed by atoms with E-state index in [1.807, 2.05) is 84.9 Å². The Hall–Kier alpha value is -7.15. The molecule has 7 aromatic carbocycles. The van der Waals surface area contributed by atoms with Crippen molar-refractivity contribution in [1.29, 1.82) is 0 Å². The Labute approximate surface area is 322 Å². The van der Waals surface area contributed by atoms with Gasteiger partial charge in [-0.25, -0.2) is 24.9 Å². The highest BCUT2D eigenvalue weighted by atomic mass is 32.1. The zero-order valence-electron chi connectivity index (χ0n) is 29.5. The molecule has 0 spiro atoms. The largest absolute Gasteiger partial charge is 0.228 e. The maximum absolute atomic E-state index is 5.25. The summed E-state index contributed by atoms with van der Waals surface area (Å²) in [6.45, 7) is 0. The van der Waals surface area contributed by atoms with Crippen LogP contribution in [-0.4, -0.2) is 24.9 Å². The molecule has 0 fully saturated rings. The van der Waals surface area contributed by atoms with Crippen LogP contribution < -0.4 is 0 Å².